The molecule has 0 radical (unpaired) electrons. The van der Waals surface area contributed by atoms with Crippen molar-refractivity contribution < 1.29 is 14.6 Å². The van der Waals surface area contributed by atoms with E-state index in [4.69, 9.17) is 20.4 Å². The average molecular weight is 144 g/mol. The van der Waals surface area contributed by atoms with E-state index in [0.29, 0.717) is 5.89 Å². The molecule has 0 amide bonds. The Morgan fingerprint density at radius 2 is 2.40 bits per heavy atom. The molecule has 1 rings (SSSR count). The topological polar surface area (TPSA) is 92.5 Å². The second kappa shape index (κ2) is 2.78. The van der Waals surface area contributed by atoms with Crippen LogP contribution in [0.4, 0.5) is 0 Å². The van der Waals surface area contributed by atoms with Crippen LogP contribution in [0.3, 0.4) is 0 Å². The minimum Gasteiger partial charge on any atom is -0.447 e. The molecule has 1 heterocycles. The summed E-state index contributed by atoms with van der Waals surface area (Å²) in [5.74, 6) is 0.295. The van der Waals surface area contributed by atoms with Crippen molar-refractivity contribution in [1.82, 2.24) is 4.98 Å². The molecule has 4 N–H and O–H groups in total. The van der Waals surface area contributed by atoms with Crippen molar-refractivity contribution in [2.45, 2.75) is 12.8 Å². The van der Waals surface area contributed by atoms with Crippen LogP contribution >= 0.6 is 0 Å². The highest BCUT2D eigenvalue weighted by molar-refractivity contribution is 4.96. The fourth-order valence-corrected chi connectivity index (χ4v) is 0.537. The quantitative estimate of drug-likeness (QED) is 0.468. The predicted octanol–water partition coefficient (Wildman–Crippen LogP) is -0.884. The smallest absolute Gasteiger partial charge is 0.208 e. The predicted molar refractivity (Wildman–Crippen MR) is 31.6 cm³/mol. The van der Waals surface area contributed by atoms with Crippen molar-refractivity contribution in [3.63, 3.8) is 0 Å². The fourth-order valence-electron chi connectivity index (χ4n) is 0.537. The van der Waals surface area contributed by atoms with Gasteiger partial charge in [-0.05, 0) is 0 Å². The summed E-state index contributed by atoms with van der Waals surface area (Å²) in [6.07, 6.45) is -0.420. The van der Waals surface area contributed by atoms with Crippen LogP contribution in [0.2, 0.25) is 0 Å². The van der Waals surface area contributed by atoms with Gasteiger partial charge in [-0.25, -0.2) is 4.98 Å². The maximum atomic E-state index is 8.52. The molecule has 0 fully saturated rings. The van der Waals surface area contributed by atoms with Crippen molar-refractivity contribution in [2.75, 3.05) is 0 Å². The maximum absolute atomic E-state index is 8.52. The van der Waals surface area contributed by atoms with E-state index >= 15 is 0 Å². The molecule has 0 atom stereocenters. The molecule has 0 unspecified atom stereocenters. The van der Waals surface area contributed by atoms with E-state index in [9.17, 15) is 0 Å². The summed E-state index contributed by atoms with van der Waals surface area (Å²) in [5.41, 5.74) is 5.23. The van der Waals surface area contributed by atoms with Gasteiger partial charge in [0.05, 0.1) is 6.54 Å². The molecular weight excluding hydrogens is 136 g/mol. The largest absolute Gasteiger partial charge is 0.447 e. The van der Waals surface area contributed by atoms with E-state index in [1.807, 2.05) is 0 Å². The third kappa shape index (κ3) is 1.32. The second-order valence-corrected chi connectivity index (χ2v) is 1.74. The van der Waals surface area contributed by atoms with Crippen LogP contribution < -0.4 is 5.73 Å². The molecule has 0 spiro atoms. The number of aliphatic hydroxyl groups excluding tert-OH is 1. The van der Waals surface area contributed by atoms with Crippen LogP contribution in [0.1, 0.15) is 17.9 Å². The molecule has 5 heteroatoms. The molecule has 0 aromatic carbocycles. The van der Waals surface area contributed by atoms with Gasteiger partial charge in [-0.2, -0.15) is 0 Å². The number of hydrogen-bond acceptors (Lipinski definition) is 5. The number of rotatable bonds is 2. The zero-order valence-electron chi connectivity index (χ0n) is 5.19. The van der Waals surface area contributed by atoms with Crippen molar-refractivity contribution in [3.05, 3.63) is 17.8 Å². The molecular formula is C5H8N2O3. The molecule has 0 aliphatic heterocycles. The molecule has 0 bridgehead atoms. The summed E-state index contributed by atoms with van der Waals surface area (Å²) in [4.78, 5) is 3.64. The maximum Gasteiger partial charge on any atom is 0.208 e. The average Bonchev–Trinajstić information content (AvgIpc) is 2.34. The van der Waals surface area contributed by atoms with Gasteiger partial charge in [-0.3, -0.25) is 0 Å². The van der Waals surface area contributed by atoms with E-state index in [2.05, 4.69) is 4.98 Å². The van der Waals surface area contributed by atoms with E-state index in [1.165, 1.54) is 0 Å². The van der Waals surface area contributed by atoms with Crippen LogP contribution in [0.15, 0.2) is 10.7 Å². The van der Waals surface area contributed by atoms with Crippen molar-refractivity contribution >= 4 is 0 Å². The highest BCUT2D eigenvalue weighted by Gasteiger charge is 2.07. The van der Waals surface area contributed by atoms with Crippen LogP contribution in [0.25, 0.3) is 0 Å². The lowest BCUT2D eigenvalue weighted by molar-refractivity contribution is -0.0459. The zero-order chi connectivity index (χ0) is 7.56. The number of nitrogens with two attached hydrogens (primary N) is 1. The molecule has 0 saturated carbocycles. The van der Waals surface area contributed by atoms with Gasteiger partial charge in [-0.1, -0.05) is 0 Å². The standard InChI is InChI=1S/C5H8N2O3/c6-1-4-7-3(2-10-4)5(8)9/h2,5,8-9H,1,6H2. The highest BCUT2D eigenvalue weighted by atomic mass is 16.5. The first kappa shape index (κ1) is 7.20. The van der Waals surface area contributed by atoms with Gasteiger partial charge in [0.1, 0.15) is 12.0 Å². The molecule has 5 nitrogen and oxygen atoms in total. The van der Waals surface area contributed by atoms with Crippen molar-refractivity contribution in [1.29, 1.82) is 0 Å². The minimum absolute atomic E-state index is 0.0838. The van der Waals surface area contributed by atoms with Crippen LogP contribution in [0.5, 0.6) is 0 Å². The molecule has 0 saturated heterocycles. The number of aromatic nitrogens is 1. The van der Waals surface area contributed by atoms with Gasteiger partial charge >= 0.3 is 0 Å². The van der Waals surface area contributed by atoms with Gasteiger partial charge in [0, 0.05) is 0 Å². The Balaban J connectivity index is 2.78. The third-order valence-corrected chi connectivity index (χ3v) is 1.01. The van der Waals surface area contributed by atoms with Crippen LogP contribution in [0, 0.1) is 0 Å². The Hall–Kier alpha value is -0.910. The second-order valence-electron chi connectivity index (χ2n) is 1.74. The number of aliphatic hydroxyl groups is 2. The van der Waals surface area contributed by atoms with Crippen LogP contribution in [-0.4, -0.2) is 15.2 Å². The first-order valence-electron chi connectivity index (χ1n) is 2.74. The third-order valence-electron chi connectivity index (χ3n) is 1.01. The van der Waals surface area contributed by atoms with Crippen molar-refractivity contribution in [2.24, 2.45) is 5.73 Å². The Morgan fingerprint density at radius 3 is 2.70 bits per heavy atom. The first-order valence-corrected chi connectivity index (χ1v) is 2.74. The van der Waals surface area contributed by atoms with Gasteiger partial charge < -0.3 is 20.4 Å². The Bertz CT molecular complexity index is 208. The van der Waals surface area contributed by atoms with E-state index in [-0.39, 0.29) is 12.2 Å². The summed E-state index contributed by atoms with van der Waals surface area (Å²) >= 11 is 0. The zero-order valence-corrected chi connectivity index (χ0v) is 5.19. The lowest BCUT2D eigenvalue weighted by atomic mass is 10.5. The van der Waals surface area contributed by atoms with E-state index in [0.717, 1.165) is 6.26 Å². The number of oxazole rings is 1. The summed E-state index contributed by atoms with van der Waals surface area (Å²) in [5, 5.41) is 17.0. The molecule has 1 aromatic rings. The molecule has 0 aliphatic carbocycles. The van der Waals surface area contributed by atoms with E-state index in [1.54, 1.807) is 0 Å². The Labute approximate surface area is 57.1 Å². The summed E-state index contributed by atoms with van der Waals surface area (Å²) in [6.45, 7) is 0.159. The van der Waals surface area contributed by atoms with Crippen molar-refractivity contribution in [3.8, 4) is 0 Å². The Morgan fingerprint density at radius 1 is 1.70 bits per heavy atom. The lowest BCUT2D eigenvalue weighted by Gasteiger charge is -1.92. The number of nitrogens with zero attached hydrogens (tertiary/aromatic N) is 1. The van der Waals surface area contributed by atoms with Gasteiger partial charge in [-0.15, -0.1) is 0 Å². The first-order chi connectivity index (χ1) is 4.74. The Kier molecular flexibility index (Phi) is 2.00. The summed E-state index contributed by atoms with van der Waals surface area (Å²) < 4.78 is 4.72. The van der Waals surface area contributed by atoms with Gasteiger partial charge in [0.25, 0.3) is 0 Å². The fraction of sp³-hybridized carbons (Fsp3) is 0.400. The molecule has 1 aromatic heterocycles. The minimum atomic E-state index is -1.58. The normalized spacial score (nSPS) is 10.8. The molecule has 10 heavy (non-hydrogen) atoms. The summed E-state index contributed by atoms with van der Waals surface area (Å²) in [6, 6.07) is 0. The van der Waals surface area contributed by atoms with Gasteiger partial charge in [0.15, 0.2) is 6.29 Å². The van der Waals surface area contributed by atoms with Crippen LogP contribution in [-0.2, 0) is 6.54 Å². The molecule has 0 aliphatic rings. The lowest BCUT2D eigenvalue weighted by Crippen LogP contribution is -1.99. The number of hydrogen-bond donors (Lipinski definition) is 3. The van der Waals surface area contributed by atoms with E-state index < -0.39 is 6.29 Å². The van der Waals surface area contributed by atoms with Gasteiger partial charge in [0.2, 0.25) is 5.89 Å². The summed E-state index contributed by atoms with van der Waals surface area (Å²) in [7, 11) is 0. The monoisotopic (exact) mass is 144 g/mol. The SMILES string of the molecule is NCc1nc(C(O)O)co1. The highest BCUT2D eigenvalue weighted by Crippen LogP contribution is 2.07. The molecule has 56 valence electrons.